The van der Waals surface area contributed by atoms with Crippen molar-refractivity contribution in [1.29, 1.82) is 0 Å². The highest BCUT2D eigenvalue weighted by Crippen LogP contribution is 2.57. The predicted molar refractivity (Wildman–Crippen MR) is 126 cm³/mol. The highest BCUT2D eigenvalue weighted by molar-refractivity contribution is 6.30. The van der Waals surface area contributed by atoms with Crippen molar-refractivity contribution in [3.63, 3.8) is 0 Å². The number of carbonyl (C=O) groups is 1. The monoisotopic (exact) mass is 500 g/mol. The molecule has 2 bridgehead atoms. The van der Waals surface area contributed by atoms with Gasteiger partial charge in [-0.05, 0) is 38.0 Å². The number of piperidine rings is 1. The van der Waals surface area contributed by atoms with Crippen LogP contribution in [0.25, 0.3) is 10.9 Å². The van der Waals surface area contributed by atoms with Gasteiger partial charge in [0.2, 0.25) is 0 Å². The van der Waals surface area contributed by atoms with E-state index in [9.17, 15) is 9.90 Å². The van der Waals surface area contributed by atoms with Crippen molar-refractivity contribution in [2.45, 2.75) is 55.8 Å². The first kappa shape index (κ1) is 21.6. The van der Waals surface area contributed by atoms with Crippen molar-refractivity contribution < 1.29 is 19.0 Å². The molecule has 1 N–H and O–H groups in total. The molecule has 9 nitrogen and oxygen atoms in total. The van der Waals surface area contributed by atoms with Crippen LogP contribution in [0.3, 0.4) is 0 Å². The van der Waals surface area contributed by atoms with Crippen LogP contribution in [-0.2, 0) is 0 Å². The summed E-state index contributed by atoms with van der Waals surface area (Å²) in [6.45, 7) is 6.48. The van der Waals surface area contributed by atoms with Crippen molar-refractivity contribution in [2.24, 2.45) is 5.92 Å². The summed E-state index contributed by atoms with van der Waals surface area (Å²) >= 11 is 5.99. The van der Waals surface area contributed by atoms with Gasteiger partial charge in [0, 0.05) is 31.9 Å². The van der Waals surface area contributed by atoms with Gasteiger partial charge >= 0.3 is 12.1 Å². The number of halogens is 2. The second kappa shape index (κ2) is 7.39. The molecule has 2 aromatic heterocycles. The number of fused-ring (bicyclic) bond motifs is 6. The molecule has 7 rings (SSSR count). The normalized spacial score (nSPS) is 33.4. The summed E-state index contributed by atoms with van der Waals surface area (Å²) < 4.78 is 21.3. The molecule has 0 aromatic carbocycles. The smallest absolute Gasteiger partial charge is 0.407 e. The summed E-state index contributed by atoms with van der Waals surface area (Å²) in [6.07, 6.45) is 5.38. The minimum atomic E-state index is -0.898. The SMILES string of the molecule is C=C1CN2[C@H]3C[C@H]3CC2(COc2nc(N3C[C@H]4CC[C@@H](C3)N4C(=O)O)c3cnc(Cl)c(F)c3n2)C1. The van der Waals surface area contributed by atoms with Crippen LogP contribution in [-0.4, -0.2) is 85.9 Å². The van der Waals surface area contributed by atoms with E-state index in [4.69, 9.17) is 21.3 Å². The topological polar surface area (TPSA) is 94.9 Å². The standard InChI is InChI=1S/C24H26ClFN6O3/c1-12-5-24(6-13-4-17(13)31(24)8-12)11-35-22-28-19-16(7-27-20(25)18(19)26)21(29-22)30-9-14-2-3-15(10-30)32(14)23(33)34/h7,13-15,17H,1-6,8-11H2,(H,33,34)/t13-,14-,15+,17-,24?/m0/s1. The van der Waals surface area contributed by atoms with Crippen molar-refractivity contribution >= 4 is 34.4 Å². The number of hydrogen-bond donors (Lipinski definition) is 1. The number of piperazine rings is 1. The molecule has 0 spiro atoms. The number of amides is 1. The van der Waals surface area contributed by atoms with E-state index in [-0.39, 0.29) is 34.3 Å². The fraction of sp³-hybridized carbons (Fsp3) is 0.583. The Morgan fingerprint density at radius 2 is 2.09 bits per heavy atom. The minimum absolute atomic E-state index is 0.0671. The van der Waals surface area contributed by atoms with Gasteiger partial charge in [0.05, 0.1) is 23.0 Å². The molecule has 5 aliphatic rings. The maximum absolute atomic E-state index is 15.1. The molecule has 11 heteroatoms. The predicted octanol–water partition coefficient (Wildman–Crippen LogP) is 3.32. The molecule has 184 valence electrons. The van der Waals surface area contributed by atoms with Crippen LogP contribution in [0.5, 0.6) is 6.01 Å². The Kier molecular flexibility index (Phi) is 4.55. The van der Waals surface area contributed by atoms with Crippen LogP contribution in [0.15, 0.2) is 18.3 Å². The molecule has 2 aromatic rings. The van der Waals surface area contributed by atoms with E-state index in [2.05, 4.69) is 21.4 Å². The molecule has 35 heavy (non-hydrogen) atoms. The third-order valence-electron chi connectivity index (χ3n) is 8.58. The number of pyridine rings is 1. The second-order valence-electron chi connectivity index (χ2n) is 10.8. The molecule has 5 fully saturated rings. The van der Waals surface area contributed by atoms with Gasteiger partial charge in [-0.25, -0.2) is 14.2 Å². The molecular formula is C24H26ClFN6O3. The van der Waals surface area contributed by atoms with Gasteiger partial charge in [0.1, 0.15) is 17.9 Å². The molecular weight excluding hydrogens is 475 g/mol. The number of aromatic nitrogens is 3. The quantitative estimate of drug-likeness (QED) is 0.504. The first-order chi connectivity index (χ1) is 16.8. The number of ether oxygens (including phenoxy) is 1. The Morgan fingerprint density at radius 1 is 1.31 bits per heavy atom. The molecule has 4 aliphatic heterocycles. The number of nitrogens with zero attached hydrogens (tertiary/aromatic N) is 6. The summed E-state index contributed by atoms with van der Waals surface area (Å²) in [6, 6.07) is 0.462. The summed E-state index contributed by atoms with van der Waals surface area (Å²) in [5.74, 6) is 0.526. The Balaban J connectivity index is 1.23. The van der Waals surface area contributed by atoms with Crippen LogP contribution in [0, 0.1) is 11.7 Å². The molecule has 6 heterocycles. The van der Waals surface area contributed by atoms with E-state index < -0.39 is 11.9 Å². The van der Waals surface area contributed by atoms with Gasteiger partial charge in [-0.3, -0.25) is 9.80 Å². The summed E-state index contributed by atoms with van der Waals surface area (Å²) in [5, 5.41) is 9.81. The highest BCUT2D eigenvalue weighted by atomic mass is 35.5. The Morgan fingerprint density at radius 3 is 2.83 bits per heavy atom. The maximum Gasteiger partial charge on any atom is 0.407 e. The van der Waals surface area contributed by atoms with Gasteiger partial charge < -0.3 is 14.7 Å². The third-order valence-corrected chi connectivity index (χ3v) is 8.85. The lowest BCUT2D eigenvalue weighted by Crippen LogP contribution is -2.55. The molecule has 1 amide bonds. The zero-order valence-corrected chi connectivity index (χ0v) is 19.9. The lowest BCUT2D eigenvalue weighted by molar-refractivity contribution is 0.0866. The number of anilines is 1. The van der Waals surface area contributed by atoms with E-state index in [0.717, 1.165) is 38.1 Å². The summed E-state index contributed by atoms with van der Waals surface area (Å²) in [4.78, 5) is 30.9. The zero-order valence-electron chi connectivity index (χ0n) is 19.2. The third kappa shape index (κ3) is 3.22. The van der Waals surface area contributed by atoms with Crippen LogP contribution in [0.2, 0.25) is 5.15 Å². The van der Waals surface area contributed by atoms with Gasteiger partial charge in [-0.1, -0.05) is 23.8 Å². The zero-order chi connectivity index (χ0) is 24.1. The number of carboxylic acid groups (broad SMARTS) is 1. The average Bonchev–Trinajstić information content (AvgIpc) is 3.29. The fourth-order valence-corrected chi connectivity index (χ4v) is 7.23. The molecule has 1 saturated carbocycles. The van der Waals surface area contributed by atoms with E-state index in [0.29, 0.717) is 36.9 Å². The first-order valence-corrected chi connectivity index (χ1v) is 12.5. The number of rotatable bonds is 4. The molecule has 4 saturated heterocycles. The summed E-state index contributed by atoms with van der Waals surface area (Å²) in [7, 11) is 0. The first-order valence-electron chi connectivity index (χ1n) is 12.2. The molecule has 1 aliphatic carbocycles. The van der Waals surface area contributed by atoms with Crippen LogP contribution in [0.4, 0.5) is 15.0 Å². The van der Waals surface area contributed by atoms with Crippen molar-refractivity contribution in [3.8, 4) is 6.01 Å². The second-order valence-corrected chi connectivity index (χ2v) is 11.1. The van der Waals surface area contributed by atoms with Crippen LogP contribution < -0.4 is 9.64 Å². The lowest BCUT2D eigenvalue weighted by atomic mass is 9.92. The molecule has 5 atom stereocenters. The molecule has 0 radical (unpaired) electrons. The van der Waals surface area contributed by atoms with Crippen molar-refractivity contribution in [2.75, 3.05) is 31.1 Å². The van der Waals surface area contributed by atoms with E-state index in [1.54, 1.807) is 4.90 Å². The highest BCUT2D eigenvalue weighted by Gasteiger charge is 2.62. The van der Waals surface area contributed by atoms with Crippen LogP contribution >= 0.6 is 11.6 Å². The lowest BCUT2D eigenvalue weighted by Gasteiger charge is -2.40. The minimum Gasteiger partial charge on any atom is -0.465 e. The van der Waals surface area contributed by atoms with E-state index in [1.807, 2.05) is 4.90 Å². The number of hydrogen-bond acceptors (Lipinski definition) is 7. The Bertz CT molecular complexity index is 1260. The van der Waals surface area contributed by atoms with Crippen LogP contribution in [0.1, 0.15) is 32.1 Å². The fourth-order valence-electron chi connectivity index (χ4n) is 7.10. The molecule has 1 unspecified atom stereocenters. The Labute approximate surface area is 206 Å². The van der Waals surface area contributed by atoms with E-state index >= 15 is 4.39 Å². The van der Waals surface area contributed by atoms with Gasteiger partial charge in [-0.2, -0.15) is 9.97 Å². The van der Waals surface area contributed by atoms with Gasteiger partial charge in [0.15, 0.2) is 11.0 Å². The van der Waals surface area contributed by atoms with Gasteiger partial charge in [0.25, 0.3) is 0 Å². The summed E-state index contributed by atoms with van der Waals surface area (Å²) in [5.41, 5.74) is 1.19. The van der Waals surface area contributed by atoms with Crippen molar-refractivity contribution in [3.05, 3.63) is 29.3 Å². The largest absolute Gasteiger partial charge is 0.465 e. The van der Waals surface area contributed by atoms with Crippen molar-refractivity contribution in [1.82, 2.24) is 24.8 Å². The average molecular weight is 501 g/mol. The maximum atomic E-state index is 15.1. The van der Waals surface area contributed by atoms with Gasteiger partial charge in [-0.15, -0.1) is 0 Å². The van der Waals surface area contributed by atoms with E-state index in [1.165, 1.54) is 18.2 Å². The Hall–Kier alpha value is -2.72.